The first kappa shape index (κ1) is 31.8. The zero-order valence-corrected chi connectivity index (χ0v) is 30.9. The number of benzene rings is 9. The highest BCUT2D eigenvalue weighted by Crippen LogP contribution is 2.56. The molecule has 0 fully saturated rings. The van der Waals surface area contributed by atoms with Gasteiger partial charge >= 0.3 is 0 Å². The van der Waals surface area contributed by atoms with Gasteiger partial charge in [0.1, 0.15) is 0 Å². The van der Waals surface area contributed by atoms with Gasteiger partial charge in [-0.15, -0.1) is 11.3 Å². The fourth-order valence-corrected chi connectivity index (χ4v) is 10.3. The van der Waals surface area contributed by atoms with Crippen molar-refractivity contribution in [3.05, 3.63) is 235 Å². The van der Waals surface area contributed by atoms with Crippen molar-refractivity contribution < 1.29 is 0 Å². The van der Waals surface area contributed by atoms with E-state index in [9.17, 15) is 0 Å². The Morgan fingerprint density at radius 1 is 0.364 bits per heavy atom. The maximum atomic E-state index is 2.44. The molecule has 258 valence electrons. The number of rotatable bonds is 6. The first-order valence-electron chi connectivity index (χ1n) is 18.9. The minimum Gasteiger partial charge on any atom is -0.310 e. The van der Waals surface area contributed by atoms with Crippen LogP contribution >= 0.6 is 11.3 Å². The molecule has 10 aromatic rings. The molecule has 0 amide bonds. The van der Waals surface area contributed by atoms with Crippen LogP contribution in [0.2, 0.25) is 0 Å². The molecule has 55 heavy (non-hydrogen) atoms. The van der Waals surface area contributed by atoms with Crippen LogP contribution in [0.3, 0.4) is 0 Å². The number of thiophene rings is 1. The number of hydrogen-bond donors (Lipinski definition) is 0. The quantitative estimate of drug-likeness (QED) is 0.166. The molecular formula is C53H35NS. The van der Waals surface area contributed by atoms with Crippen LogP contribution in [-0.4, -0.2) is 0 Å². The summed E-state index contributed by atoms with van der Waals surface area (Å²) < 4.78 is 2.65. The predicted molar refractivity (Wildman–Crippen MR) is 234 cm³/mol. The molecule has 0 spiro atoms. The third-order valence-electron chi connectivity index (χ3n) is 11.5. The van der Waals surface area contributed by atoms with E-state index in [0.717, 1.165) is 17.1 Å². The maximum absolute atomic E-state index is 2.44. The molecule has 0 saturated heterocycles. The molecule has 2 heteroatoms. The Morgan fingerprint density at radius 2 is 0.945 bits per heavy atom. The summed E-state index contributed by atoms with van der Waals surface area (Å²) in [6, 6.07) is 78.3. The van der Waals surface area contributed by atoms with Crippen LogP contribution in [-0.2, 0) is 5.41 Å². The molecule has 0 unspecified atom stereocenters. The van der Waals surface area contributed by atoms with Crippen LogP contribution in [0.5, 0.6) is 0 Å². The summed E-state index contributed by atoms with van der Waals surface area (Å²) in [6.07, 6.45) is 0. The topological polar surface area (TPSA) is 3.24 Å². The Morgan fingerprint density at radius 3 is 1.71 bits per heavy atom. The van der Waals surface area contributed by atoms with E-state index in [0.29, 0.717) is 0 Å². The highest BCUT2D eigenvalue weighted by molar-refractivity contribution is 7.26. The smallest absolute Gasteiger partial charge is 0.0714 e. The Hall–Kier alpha value is -6.74. The van der Waals surface area contributed by atoms with Crippen molar-refractivity contribution in [1.29, 1.82) is 0 Å². The van der Waals surface area contributed by atoms with E-state index >= 15 is 0 Å². The van der Waals surface area contributed by atoms with Gasteiger partial charge in [-0.2, -0.15) is 0 Å². The van der Waals surface area contributed by atoms with Gasteiger partial charge in [0, 0.05) is 42.6 Å². The van der Waals surface area contributed by atoms with Crippen LogP contribution in [0.1, 0.15) is 22.3 Å². The lowest BCUT2D eigenvalue weighted by Gasteiger charge is -2.35. The van der Waals surface area contributed by atoms with Gasteiger partial charge in [0.25, 0.3) is 0 Å². The van der Waals surface area contributed by atoms with Gasteiger partial charge in [-0.1, -0.05) is 170 Å². The van der Waals surface area contributed by atoms with Gasteiger partial charge in [-0.3, -0.25) is 0 Å². The standard InChI is InChI=1S/C53H35NS/c1-3-14-36(15-4-1)37-26-30-41(31-27-37)54(43-32-28-38-29-33-47-46-22-9-12-25-51(46)55-52(47)48(38)35-43)42-19-13-18-40(34-42)53(39-16-5-2-6-17-39)49-23-10-7-20-44(49)45-21-8-11-24-50(45)53/h1-35H. The van der Waals surface area contributed by atoms with Crippen molar-refractivity contribution in [3.8, 4) is 22.3 Å². The SMILES string of the molecule is c1ccc(-c2ccc(N(c3cccc(C4(c5ccccc5)c5ccccc5-c5ccccc54)c3)c3ccc4ccc5c6ccccc6sc5c4c3)cc2)cc1. The third kappa shape index (κ3) is 4.92. The zero-order chi connectivity index (χ0) is 36.3. The normalized spacial score (nSPS) is 12.9. The lowest BCUT2D eigenvalue weighted by molar-refractivity contribution is 0.768. The van der Waals surface area contributed by atoms with E-state index in [1.165, 1.54) is 75.5 Å². The molecule has 0 radical (unpaired) electrons. The molecule has 9 aromatic carbocycles. The minimum absolute atomic E-state index is 0.486. The number of hydrogen-bond acceptors (Lipinski definition) is 2. The maximum Gasteiger partial charge on any atom is 0.0714 e. The summed E-state index contributed by atoms with van der Waals surface area (Å²) in [5, 5.41) is 5.16. The molecule has 1 aliphatic carbocycles. The molecule has 0 aliphatic heterocycles. The van der Waals surface area contributed by atoms with E-state index in [2.05, 4.69) is 217 Å². The largest absolute Gasteiger partial charge is 0.310 e. The second-order valence-corrected chi connectivity index (χ2v) is 15.5. The predicted octanol–water partition coefficient (Wildman–Crippen LogP) is 14.7. The third-order valence-corrected chi connectivity index (χ3v) is 12.8. The van der Waals surface area contributed by atoms with Gasteiger partial charge in [-0.05, 0) is 92.4 Å². The monoisotopic (exact) mass is 717 g/mol. The number of anilines is 3. The van der Waals surface area contributed by atoms with E-state index in [1.807, 2.05) is 11.3 Å². The van der Waals surface area contributed by atoms with E-state index in [1.54, 1.807) is 0 Å². The molecule has 1 heterocycles. The Balaban J connectivity index is 1.15. The Kier molecular flexibility index (Phi) is 7.33. The molecule has 1 aliphatic rings. The summed E-state index contributed by atoms with van der Waals surface area (Å²) in [5.74, 6) is 0. The average Bonchev–Trinajstić information content (AvgIpc) is 3.79. The molecule has 0 saturated carbocycles. The molecule has 11 rings (SSSR count). The van der Waals surface area contributed by atoms with Crippen LogP contribution < -0.4 is 4.90 Å². The van der Waals surface area contributed by atoms with Crippen molar-refractivity contribution in [2.45, 2.75) is 5.41 Å². The summed E-state index contributed by atoms with van der Waals surface area (Å²) in [4.78, 5) is 2.44. The molecule has 0 atom stereocenters. The fourth-order valence-electron chi connectivity index (χ4n) is 9.10. The molecule has 0 N–H and O–H groups in total. The van der Waals surface area contributed by atoms with Gasteiger partial charge in [0.15, 0.2) is 0 Å². The van der Waals surface area contributed by atoms with Crippen molar-refractivity contribution in [1.82, 2.24) is 0 Å². The first-order valence-corrected chi connectivity index (χ1v) is 19.7. The highest BCUT2D eigenvalue weighted by Gasteiger charge is 2.46. The zero-order valence-electron chi connectivity index (χ0n) is 30.1. The fraction of sp³-hybridized carbons (Fsp3) is 0.0189. The van der Waals surface area contributed by atoms with Gasteiger partial charge in [0.2, 0.25) is 0 Å². The van der Waals surface area contributed by atoms with E-state index < -0.39 is 5.41 Å². The van der Waals surface area contributed by atoms with Gasteiger partial charge in [-0.25, -0.2) is 0 Å². The first-order chi connectivity index (χ1) is 27.3. The molecule has 1 aromatic heterocycles. The van der Waals surface area contributed by atoms with Crippen LogP contribution in [0.25, 0.3) is 53.2 Å². The van der Waals surface area contributed by atoms with Crippen molar-refractivity contribution in [3.63, 3.8) is 0 Å². The Bertz CT molecular complexity index is 2990. The lowest BCUT2D eigenvalue weighted by atomic mass is 9.67. The van der Waals surface area contributed by atoms with Gasteiger partial charge in [0.05, 0.1) is 5.41 Å². The summed E-state index contributed by atoms with van der Waals surface area (Å²) in [5.41, 5.74) is 13.0. The minimum atomic E-state index is -0.486. The van der Waals surface area contributed by atoms with Crippen molar-refractivity contribution in [2.75, 3.05) is 4.90 Å². The lowest BCUT2D eigenvalue weighted by Crippen LogP contribution is -2.28. The van der Waals surface area contributed by atoms with Gasteiger partial charge < -0.3 is 4.90 Å². The summed E-state index contributed by atoms with van der Waals surface area (Å²) in [7, 11) is 0. The molecule has 0 bridgehead atoms. The van der Waals surface area contributed by atoms with Crippen LogP contribution in [0.15, 0.2) is 212 Å². The number of nitrogens with zero attached hydrogens (tertiary/aromatic N) is 1. The Labute approximate surface area is 325 Å². The van der Waals surface area contributed by atoms with E-state index in [-0.39, 0.29) is 0 Å². The summed E-state index contributed by atoms with van der Waals surface area (Å²) in [6.45, 7) is 0. The molecular weight excluding hydrogens is 683 g/mol. The number of fused-ring (bicyclic) bond motifs is 8. The van der Waals surface area contributed by atoms with E-state index in [4.69, 9.17) is 0 Å². The highest BCUT2D eigenvalue weighted by atomic mass is 32.1. The van der Waals surface area contributed by atoms with Crippen molar-refractivity contribution in [2.24, 2.45) is 0 Å². The summed E-state index contributed by atoms with van der Waals surface area (Å²) >= 11 is 1.89. The van der Waals surface area contributed by atoms with Crippen LogP contribution in [0, 0.1) is 0 Å². The van der Waals surface area contributed by atoms with Crippen molar-refractivity contribution >= 4 is 59.3 Å². The average molecular weight is 718 g/mol. The second-order valence-electron chi connectivity index (χ2n) is 14.5. The second kappa shape index (κ2) is 12.7. The van der Waals surface area contributed by atoms with Crippen LogP contribution in [0.4, 0.5) is 17.1 Å². The molecule has 1 nitrogen and oxygen atoms in total.